The summed E-state index contributed by atoms with van der Waals surface area (Å²) in [5.41, 5.74) is 6.10. The van der Waals surface area contributed by atoms with Crippen molar-refractivity contribution in [1.82, 2.24) is 15.0 Å². The normalized spacial score (nSPS) is 29.9. The van der Waals surface area contributed by atoms with Crippen LogP contribution in [0.1, 0.15) is 31.5 Å². The maximum atomic E-state index is 6.10. The summed E-state index contributed by atoms with van der Waals surface area (Å²) in [6, 6.07) is 5.58. The molecule has 2 aliphatic heterocycles. The van der Waals surface area contributed by atoms with E-state index < -0.39 is 0 Å². The van der Waals surface area contributed by atoms with Gasteiger partial charge in [-0.25, -0.2) is 0 Å². The monoisotopic (exact) mass is 290 g/mol. The number of hydrogen-bond donors (Lipinski definition) is 1. The summed E-state index contributed by atoms with van der Waals surface area (Å²) in [6.07, 6.45) is 4.72. The van der Waals surface area contributed by atoms with Gasteiger partial charge in [0.1, 0.15) is 0 Å². The lowest BCUT2D eigenvalue weighted by atomic mass is 9.98. The summed E-state index contributed by atoms with van der Waals surface area (Å²) in [7, 11) is 0. The van der Waals surface area contributed by atoms with Gasteiger partial charge in [0.25, 0.3) is 5.89 Å². The van der Waals surface area contributed by atoms with Crippen molar-refractivity contribution in [1.29, 1.82) is 0 Å². The van der Waals surface area contributed by atoms with Gasteiger partial charge >= 0.3 is 0 Å². The number of fused-ring (bicyclic) bond motifs is 2. The van der Waals surface area contributed by atoms with Gasteiger partial charge < -0.3 is 10.3 Å². The summed E-state index contributed by atoms with van der Waals surface area (Å²) in [5, 5.41) is 6.15. The predicted octanol–water partition coefficient (Wildman–Crippen LogP) is 2.25. The molecule has 0 aliphatic carbocycles. The van der Waals surface area contributed by atoms with E-state index in [2.05, 4.69) is 15.0 Å². The molecule has 0 aromatic carbocycles. The number of aromatic nitrogens is 2. The summed E-state index contributed by atoms with van der Waals surface area (Å²) in [6.45, 7) is 0.789. The minimum atomic E-state index is 0.371. The first kappa shape index (κ1) is 12.5. The Morgan fingerprint density at radius 3 is 2.85 bits per heavy atom. The van der Waals surface area contributed by atoms with Gasteiger partial charge in [0, 0.05) is 18.1 Å². The van der Waals surface area contributed by atoms with Crippen molar-refractivity contribution < 1.29 is 4.52 Å². The summed E-state index contributed by atoms with van der Waals surface area (Å²) < 4.78 is 5.36. The van der Waals surface area contributed by atoms with Crippen molar-refractivity contribution in [2.75, 3.05) is 0 Å². The highest BCUT2D eigenvalue weighted by molar-refractivity contribution is 7.13. The first-order valence-electron chi connectivity index (χ1n) is 7.17. The van der Waals surface area contributed by atoms with Crippen LogP contribution in [0.15, 0.2) is 22.0 Å². The Hall–Kier alpha value is -1.24. The molecule has 2 atom stereocenters. The van der Waals surface area contributed by atoms with Crippen LogP contribution in [0.4, 0.5) is 0 Å². The number of piperidine rings is 1. The van der Waals surface area contributed by atoms with Crippen LogP contribution in [0, 0.1) is 0 Å². The standard InChI is InChI=1S/C14H18N4OS/c15-9-6-10-3-4-11(7-9)18(10)8-13-16-14(19-17-13)12-2-1-5-20-12/h1-2,5,9-11H,3-4,6-8,15H2. The third kappa shape index (κ3) is 2.17. The van der Waals surface area contributed by atoms with Crippen molar-refractivity contribution in [3.63, 3.8) is 0 Å². The van der Waals surface area contributed by atoms with E-state index in [9.17, 15) is 0 Å². The molecule has 2 bridgehead atoms. The SMILES string of the molecule is NC1CC2CCC(C1)N2Cc1noc(-c2cccs2)n1. The van der Waals surface area contributed by atoms with Gasteiger partial charge in [0.05, 0.1) is 11.4 Å². The molecule has 106 valence electrons. The number of nitrogens with zero attached hydrogens (tertiary/aromatic N) is 3. The van der Waals surface area contributed by atoms with Crippen LogP contribution in [0.3, 0.4) is 0 Å². The van der Waals surface area contributed by atoms with Crippen molar-refractivity contribution in [3.05, 3.63) is 23.3 Å². The molecule has 0 radical (unpaired) electrons. The molecule has 2 unspecified atom stereocenters. The Kier molecular flexibility index (Phi) is 3.09. The first-order chi connectivity index (χ1) is 9.79. The second kappa shape index (κ2) is 4.95. The van der Waals surface area contributed by atoms with E-state index in [-0.39, 0.29) is 0 Å². The highest BCUT2D eigenvalue weighted by Crippen LogP contribution is 2.36. The lowest BCUT2D eigenvalue weighted by molar-refractivity contribution is 0.115. The van der Waals surface area contributed by atoms with Crippen LogP contribution >= 0.6 is 11.3 Å². The largest absolute Gasteiger partial charge is 0.333 e. The fourth-order valence-electron chi connectivity index (χ4n) is 3.56. The molecule has 2 N–H and O–H groups in total. The van der Waals surface area contributed by atoms with Crippen LogP contribution in [0.2, 0.25) is 0 Å². The van der Waals surface area contributed by atoms with E-state index in [1.807, 2.05) is 17.5 Å². The molecule has 5 nitrogen and oxygen atoms in total. The summed E-state index contributed by atoms with van der Waals surface area (Å²) in [5.74, 6) is 1.43. The van der Waals surface area contributed by atoms with Crippen molar-refractivity contribution in [2.45, 2.75) is 50.4 Å². The number of thiophene rings is 1. The zero-order chi connectivity index (χ0) is 13.5. The average molecular weight is 290 g/mol. The Morgan fingerprint density at radius 1 is 1.35 bits per heavy atom. The van der Waals surface area contributed by atoms with Crippen LogP contribution in [0.25, 0.3) is 10.8 Å². The van der Waals surface area contributed by atoms with Crippen LogP contribution in [0.5, 0.6) is 0 Å². The quantitative estimate of drug-likeness (QED) is 0.939. The highest BCUT2D eigenvalue weighted by Gasteiger charge is 2.39. The molecular formula is C14H18N4OS. The van der Waals surface area contributed by atoms with E-state index in [1.165, 1.54) is 12.8 Å². The molecule has 20 heavy (non-hydrogen) atoms. The minimum Gasteiger partial charge on any atom is -0.333 e. The lowest BCUT2D eigenvalue weighted by Gasteiger charge is -2.36. The van der Waals surface area contributed by atoms with Gasteiger partial charge in [-0.2, -0.15) is 4.98 Å². The number of nitrogens with two attached hydrogens (primary N) is 1. The Balaban J connectivity index is 1.50. The van der Waals surface area contributed by atoms with E-state index in [1.54, 1.807) is 11.3 Å². The molecule has 2 aromatic rings. The first-order valence-corrected chi connectivity index (χ1v) is 8.05. The summed E-state index contributed by atoms with van der Waals surface area (Å²) in [4.78, 5) is 8.08. The van der Waals surface area contributed by atoms with Crippen molar-refractivity contribution >= 4 is 11.3 Å². The highest BCUT2D eigenvalue weighted by atomic mass is 32.1. The number of hydrogen-bond acceptors (Lipinski definition) is 6. The van der Waals surface area contributed by atoms with Gasteiger partial charge in [0.15, 0.2) is 5.82 Å². The van der Waals surface area contributed by atoms with Crippen LogP contribution in [-0.2, 0) is 6.54 Å². The van der Waals surface area contributed by atoms with Gasteiger partial charge in [-0.05, 0) is 37.1 Å². The maximum Gasteiger partial charge on any atom is 0.268 e. The molecule has 2 aromatic heterocycles. The Morgan fingerprint density at radius 2 is 2.15 bits per heavy atom. The zero-order valence-electron chi connectivity index (χ0n) is 11.2. The van der Waals surface area contributed by atoms with Gasteiger partial charge in [-0.15, -0.1) is 11.3 Å². The molecule has 6 heteroatoms. The fraction of sp³-hybridized carbons (Fsp3) is 0.571. The molecular weight excluding hydrogens is 272 g/mol. The topological polar surface area (TPSA) is 68.2 Å². The lowest BCUT2D eigenvalue weighted by Crippen LogP contribution is -2.46. The molecule has 0 saturated carbocycles. The third-order valence-electron chi connectivity index (χ3n) is 4.44. The fourth-order valence-corrected chi connectivity index (χ4v) is 4.20. The van der Waals surface area contributed by atoms with Crippen molar-refractivity contribution in [2.24, 2.45) is 5.73 Å². The molecule has 4 heterocycles. The zero-order valence-corrected chi connectivity index (χ0v) is 12.1. The molecule has 2 fully saturated rings. The summed E-state index contributed by atoms with van der Waals surface area (Å²) >= 11 is 1.62. The van der Waals surface area contributed by atoms with Gasteiger partial charge in [-0.1, -0.05) is 11.2 Å². The van der Waals surface area contributed by atoms with Crippen LogP contribution in [-0.4, -0.2) is 33.2 Å². The van der Waals surface area contributed by atoms with Crippen molar-refractivity contribution in [3.8, 4) is 10.8 Å². The second-order valence-electron chi connectivity index (χ2n) is 5.78. The van der Waals surface area contributed by atoms with E-state index in [0.717, 1.165) is 30.1 Å². The van der Waals surface area contributed by atoms with Crippen LogP contribution < -0.4 is 5.73 Å². The van der Waals surface area contributed by atoms with Gasteiger partial charge in [0.2, 0.25) is 0 Å². The minimum absolute atomic E-state index is 0.371. The van der Waals surface area contributed by atoms with E-state index in [0.29, 0.717) is 24.0 Å². The molecule has 0 spiro atoms. The molecule has 2 aliphatic rings. The number of rotatable bonds is 3. The Bertz CT molecular complexity index is 568. The molecule has 4 rings (SSSR count). The third-order valence-corrected chi connectivity index (χ3v) is 5.30. The van der Waals surface area contributed by atoms with E-state index in [4.69, 9.17) is 10.3 Å². The predicted molar refractivity (Wildman–Crippen MR) is 77.2 cm³/mol. The Labute approximate surface area is 121 Å². The van der Waals surface area contributed by atoms with E-state index >= 15 is 0 Å². The second-order valence-corrected chi connectivity index (χ2v) is 6.73. The average Bonchev–Trinajstić information content (AvgIpc) is 3.12. The smallest absolute Gasteiger partial charge is 0.268 e. The molecule has 0 amide bonds. The maximum absolute atomic E-state index is 6.10. The van der Waals surface area contributed by atoms with Gasteiger partial charge in [-0.3, -0.25) is 4.90 Å². The molecule has 2 saturated heterocycles.